The molecule has 0 bridgehead atoms. The molecule has 1 atom stereocenters. The van der Waals surface area contributed by atoms with Crippen molar-refractivity contribution < 1.29 is 17.9 Å². The van der Waals surface area contributed by atoms with Gasteiger partial charge in [-0.05, 0) is 33.6 Å². The second-order valence-electron chi connectivity index (χ2n) is 5.39. The number of rotatable bonds is 8. The highest BCUT2D eigenvalue weighted by atomic mass is 32.2. The number of Topliss-reactive ketones (excluding diaryl/α,β-unsaturated/α-hetero) is 1. The molecule has 0 rings (SSSR count). The maximum Gasteiger partial charge on any atom is 0.155 e. The SMILES string of the molecule is COCCCC(N)C(=O)CCS(=O)(=O)C(C)(C)C. The summed E-state index contributed by atoms with van der Waals surface area (Å²) in [6.07, 6.45) is 1.23. The Kier molecular flexibility index (Phi) is 7.02. The third-order valence-electron chi connectivity index (χ3n) is 2.83. The molecular formula is C12H25NO4S. The van der Waals surface area contributed by atoms with Crippen molar-refractivity contribution >= 4 is 15.6 Å². The molecule has 0 heterocycles. The monoisotopic (exact) mass is 279 g/mol. The first-order valence-electron chi connectivity index (χ1n) is 6.11. The van der Waals surface area contributed by atoms with Crippen molar-refractivity contribution in [1.29, 1.82) is 0 Å². The van der Waals surface area contributed by atoms with Gasteiger partial charge in [0.25, 0.3) is 0 Å². The van der Waals surface area contributed by atoms with Gasteiger partial charge >= 0.3 is 0 Å². The fourth-order valence-electron chi connectivity index (χ4n) is 1.34. The second kappa shape index (κ2) is 7.21. The zero-order valence-electron chi connectivity index (χ0n) is 11.7. The van der Waals surface area contributed by atoms with Gasteiger partial charge in [-0.25, -0.2) is 8.42 Å². The van der Waals surface area contributed by atoms with Gasteiger partial charge in [0, 0.05) is 20.1 Å². The maximum atomic E-state index is 11.8. The molecule has 108 valence electrons. The van der Waals surface area contributed by atoms with Crippen molar-refractivity contribution in [3.05, 3.63) is 0 Å². The standard InChI is InChI=1S/C12H25NO4S/c1-12(2,3)18(15,16)9-7-11(14)10(13)6-5-8-17-4/h10H,5-9,13H2,1-4H3. The van der Waals surface area contributed by atoms with E-state index >= 15 is 0 Å². The molecule has 0 amide bonds. The largest absolute Gasteiger partial charge is 0.385 e. The molecule has 5 nitrogen and oxygen atoms in total. The van der Waals surface area contributed by atoms with Crippen LogP contribution < -0.4 is 5.73 Å². The lowest BCUT2D eigenvalue weighted by Gasteiger charge is -2.19. The Hall–Kier alpha value is -0.460. The van der Waals surface area contributed by atoms with Crippen LogP contribution in [0.2, 0.25) is 0 Å². The van der Waals surface area contributed by atoms with E-state index in [4.69, 9.17) is 10.5 Å². The number of nitrogens with two attached hydrogens (primary N) is 1. The molecule has 0 saturated carbocycles. The Morgan fingerprint density at radius 3 is 2.33 bits per heavy atom. The molecule has 0 aromatic heterocycles. The normalized spacial score (nSPS) is 14.5. The molecule has 0 aromatic carbocycles. The van der Waals surface area contributed by atoms with Gasteiger partial charge < -0.3 is 10.5 Å². The Morgan fingerprint density at radius 1 is 1.33 bits per heavy atom. The van der Waals surface area contributed by atoms with Crippen LogP contribution in [0.1, 0.15) is 40.0 Å². The number of methoxy groups -OCH3 is 1. The number of ketones is 1. The van der Waals surface area contributed by atoms with E-state index in [1.54, 1.807) is 27.9 Å². The van der Waals surface area contributed by atoms with Crippen LogP contribution in [0, 0.1) is 0 Å². The quantitative estimate of drug-likeness (QED) is 0.667. The smallest absolute Gasteiger partial charge is 0.155 e. The first kappa shape index (κ1) is 17.5. The Balaban J connectivity index is 4.19. The van der Waals surface area contributed by atoms with Crippen molar-refractivity contribution in [2.45, 2.75) is 50.8 Å². The van der Waals surface area contributed by atoms with Crippen LogP contribution in [0.4, 0.5) is 0 Å². The minimum absolute atomic E-state index is 0.00620. The molecule has 18 heavy (non-hydrogen) atoms. The molecule has 6 heteroatoms. The number of hydrogen-bond acceptors (Lipinski definition) is 5. The number of sulfone groups is 1. The summed E-state index contributed by atoms with van der Waals surface area (Å²) in [4.78, 5) is 11.7. The van der Waals surface area contributed by atoms with Crippen molar-refractivity contribution in [1.82, 2.24) is 0 Å². The molecule has 2 N–H and O–H groups in total. The van der Waals surface area contributed by atoms with Crippen molar-refractivity contribution in [2.24, 2.45) is 5.73 Å². The second-order valence-corrected chi connectivity index (χ2v) is 8.25. The fourth-order valence-corrected chi connectivity index (χ4v) is 2.42. The summed E-state index contributed by atoms with van der Waals surface area (Å²) in [5.41, 5.74) is 5.70. The van der Waals surface area contributed by atoms with E-state index < -0.39 is 20.6 Å². The Morgan fingerprint density at radius 2 is 1.89 bits per heavy atom. The average molecular weight is 279 g/mol. The van der Waals surface area contributed by atoms with Gasteiger partial charge in [0.2, 0.25) is 0 Å². The molecule has 0 radical (unpaired) electrons. The molecule has 1 unspecified atom stereocenters. The lowest BCUT2D eigenvalue weighted by atomic mass is 10.1. The predicted octanol–water partition coefficient (Wildman–Crippen LogP) is 0.913. The summed E-state index contributed by atoms with van der Waals surface area (Å²) in [7, 11) is -1.67. The van der Waals surface area contributed by atoms with Gasteiger partial charge in [-0.15, -0.1) is 0 Å². The zero-order chi connectivity index (χ0) is 14.4. The van der Waals surface area contributed by atoms with Crippen LogP contribution in [-0.2, 0) is 19.4 Å². The molecule has 0 fully saturated rings. The van der Waals surface area contributed by atoms with E-state index in [2.05, 4.69) is 0 Å². The zero-order valence-corrected chi connectivity index (χ0v) is 12.5. The number of ether oxygens (including phenoxy) is 1. The molecule has 0 aromatic rings. The molecule has 0 aliphatic rings. The van der Waals surface area contributed by atoms with Gasteiger partial charge in [0.15, 0.2) is 15.6 Å². The third-order valence-corrected chi connectivity index (χ3v) is 5.43. The lowest BCUT2D eigenvalue weighted by Crippen LogP contribution is -2.35. The highest BCUT2D eigenvalue weighted by Crippen LogP contribution is 2.17. The first-order chi connectivity index (χ1) is 8.12. The van der Waals surface area contributed by atoms with Crippen LogP contribution in [-0.4, -0.2) is 44.5 Å². The number of hydrogen-bond donors (Lipinski definition) is 1. The lowest BCUT2D eigenvalue weighted by molar-refractivity contribution is -0.120. The van der Waals surface area contributed by atoms with E-state index in [9.17, 15) is 13.2 Å². The van der Waals surface area contributed by atoms with Crippen LogP contribution in [0.5, 0.6) is 0 Å². The first-order valence-corrected chi connectivity index (χ1v) is 7.76. The van der Waals surface area contributed by atoms with Crippen LogP contribution in [0.25, 0.3) is 0 Å². The van der Waals surface area contributed by atoms with Crippen molar-refractivity contribution in [3.8, 4) is 0 Å². The topological polar surface area (TPSA) is 86.5 Å². The molecule has 0 saturated heterocycles. The van der Waals surface area contributed by atoms with Crippen molar-refractivity contribution in [3.63, 3.8) is 0 Å². The minimum Gasteiger partial charge on any atom is -0.385 e. The summed E-state index contributed by atoms with van der Waals surface area (Å²) in [5.74, 6) is -0.327. The summed E-state index contributed by atoms with van der Waals surface area (Å²) < 4.78 is 27.7. The minimum atomic E-state index is -3.25. The van der Waals surface area contributed by atoms with Gasteiger partial charge in [0.1, 0.15) is 0 Å². The van der Waals surface area contributed by atoms with E-state index in [1.807, 2.05) is 0 Å². The maximum absolute atomic E-state index is 11.8. The van der Waals surface area contributed by atoms with Crippen LogP contribution >= 0.6 is 0 Å². The van der Waals surface area contributed by atoms with Crippen LogP contribution in [0.15, 0.2) is 0 Å². The predicted molar refractivity (Wildman–Crippen MR) is 72.2 cm³/mol. The Labute approximate surface area is 110 Å². The number of carbonyl (C=O) groups excluding carboxylic acids is 1. The molecule has 0 aliphatic heterocycles. The fraction of sp³-hybridized carbons (Fsp3) is 0.917. The molecular weight excluding hydrogens is 254 g/mol. The third kappa shape index (κ3) is 5.93. The van der Waals surface area contributed by atoms with Crippen molar-refractivity contribution in [2.75, 3.05) is 19.5 Å². The van der Waals surface area contributed by atoms with Gasteiger partial charge in [0.05, 0.1) is 16.5 Å². The summed E-state index contributed by atoms with van der Waals surface area (Å²) in [6.45, 7) is 5.45. The van der Waals surface area contributed by atoms with Gasteiger partial charge in [-0.3, -0.25) is 4.79 Å². The number of carbonyl (C=O) groups is 1. The average Bonchev–Trinajstić information content (AvgIpc) is 2.24. The van der Waals surface area contributed by atoms with Gasteiger partial charge in [-0.1, -0.05) is 0 Å². The molecule has 0 aliphatic carbocycles. The summed E-state index contributed by atoms with van der Waals surface area (Å²) in [5, 5.41) is 0. The van der Waals surface area contributed by atoms with E-state index in [0.29, 0.717) is 19.4 Å². The molecule has 0 spiro atoms. The van der Waals surface area contributed by atoms with E-state index in [0.717, 1.165) is 0 Å². The van der Waals surface area contributed by atoms with E-state index in [-0.39, 0.29) is 18.0 Å². The van der Waals surface area contributed by atoms with Gasteiger partial charge in [-0.2, -0.15) is 0 Å². The van der Waals surface area contributed by atoms with Crippen LogP contribution in [0.3, 0.4) is 0 Å². The highest BCUT2D eigenvalue weighted by molar-refractivity contribution is 7.92. The van der Waals surface area contributed by atoms with E-state index in [1.165, 1.54) is 0 Å². The summed E-state index contributed by atoms with van der Waals surface area (Å²) in [6, 6.07) is -0.588. The highest BCUT2D eigenvalue weighted by Gasteiger charge is 2.29. The Bertz CT molecular complexity index is 357. The summed E-state index contributed by atoms with van der Waals surface area (Å²) >= 11 is 0.